The number of rotatable bonds is 1. The molecular weight excluding hydrogens is 204 g/mol. The third kappa shape index (κ3) is 1.45. The van der Waals surface area contributed by atoms with Crippen molar-refractivity contribution in [2.24, 2.45) is 5.92 Å². The highest BCUT2D eigenvalue weighted by Gasteiger charge is 2.37. The molecule has 2 unspecified atom stereocenters. The SMILES string of the molecule is Cc1ccoc1C(=O)N1CCC2CNC2C1. The third-order valence-electron chi connectivity index (χ3n) is 3.74. The van der Waals surface area contributed by atoms with E-state index in [4.69, 9.17) is 4.42 Å². The Kier molecular flexibility index (Phi) is 2.24. The van der Waals surface area contributed by atoms with Gasteiger partial charge < -0.3 is 14.6 Å². The number of aryl methyl sites for hydroxylation is 1. The molecule has 0 spiro atoms. The summed E-state index contributed by atoms with van der Waals surface area (Å²) in [6.45, 7) is 4.71. The highest BCUT2D eigenvalue weighted by Crippen LogP contribution is 2.25. The quantitative estimate of drug-likeness (QED) is 0.768. The summed E-state index contributed by atoms with van der Waals surface area (Å²) in [5, 5.41) is 3.37. The van der Waals surface area contributed by atoms with Crippen LogP contribution in [-0.2, 0) is 0 Å². The zero-order chi connectivity index (χ0) is 11.1. The van der Waals surface area contributed by atoms with Crippen molar-refractivity contribution in [1.82, 2.24) is 10.2 Å². The van der Waals surface area contributed by atoms with Crippen LogP contribution in [-0.4, -0.2) is 36.5 Å². The molecule has 0 saturated carbocycles. The zero-order valence-electron chi connectivity index (χ0n) is 9.40. The van der Waals surface area contributed by atoms with E-state index in [1.807, 2.05) is 17.9 Å². The number of fused-ring (bicyclic) bond motifs is 1. The Labute approximate surface area is 94.6 Å². The first-order valence-electron chi connectivity index (χ1n) is 5.82. The van der Waals surface area contributed by atoms with E-state index >= 15 is 0 Å². The van der Waals surface area contributed by atoms with Crippen molar-refractivity contribution < 1.29 is 9.21 Å². The van der Waals surface area contributed by atoms with Gasteiger partial charge in [-0.1, -0.05) is 0 Å². The average Bonchev–Trinajstić information content (AvgIpc) is 2.65. The molecule has 0 radical (unpaired) electrons. The number of nitrogens with zero attached hydrogens (tertiary/aromatic N) is 1. The molecule has 3 heterocycles. The summed E-state index contributed by atoms with van der Waals surface area (Å²) in [5.74, 6) is 1.31. The summed E-state index contributed by atoms with van der Waals surface area (Å²) in [6, 6.07) is 2.34. The van der Waals surface area contributed by atoms with Crippen LogP contribution in [0.2, 0.25) is 0 Å². The highest BCUT2D eigenvalue weighted by molar-refractivity contribution is 5.92. The van der Waals surface area contributed by atoms with Crippen molar-refractivity contribution in [2.45, 2.75) is 19.4 Å². The van der Waals surface area contributed by atoms with E-state index in [-0.39, 0.29) is 5.91 Å². The molecule has 1 aromatic rings. The third-order valence-corrected chi connectivity index (χ3v) is 3.74. The number of furan rings is 1. The summed E-state index contributed by atoms with van der Waals surface area (Å²) < 4.78 is 5.25. The summed E-state index contributed by atoms with van der Waals surface area (Å²) in [4.78, 5) is 14.1. The van der Waals surface area contributed by atoms with Crippen LogP contribution < -0.4 is 5.32 Å². The Morgan fingerprint density at radius 1 is 1.62 bits per heavy atom. The second kappa shape index (κ2) is 3.63. The summed E-state index contributed by atoms with van der Waals surface area (Å²) in [7, 11) is 0. The number of nitrogens with one attached hydrogen (secondary N) is 1. The van der Waals surface area contributed by atoms with Crippen molar-refractivity contribution in [3.05, 3.63) is 23.7 Å². The van der Waals surface area contributed by atoms with E-state index in [0.29, 0.717) is 11.8 Å². The molecule has 4 heteroatoms. The van der Waals surface area contributed by atoms with Crippen molar-refractivity contribution >= 4 is 5.91 Å². The lowest BCUT2D eigenvalue weighted by Gasteiger charge is -2.46. The molecule has 0 aliphatic carbocycles. The number of carbonyl (C=O) groups is 1. The van der Waals surface area contributed by atoms with E-state index in [2.05, 4.69) is 5.32 Å². The summed E-state index contributed by atoms with van der Waals surface area (Å²) >= 11 is 0. The minimum Gasteiger partial charge on any atom is -0.459 e. The Balaban J connectivity index is 1.73. The first-order valence-corrected chi connectivity index (χ1v) is 5.82. The molecule has 2 saturated heterocycles. The molecule has 16 heavy (non-hydrogen) atoms. The van der Waals surface area contributed by atoms with Crippen LogP contribution in [0.4, 0.5) is 0 Å². The monoisotopic (exact) mass is 220 g/mol. The fraction of sp³-hybridized carbons (Fsp3) is 0.583. The van der Waals surface area contributed by atoms with Gasteiger partial charge in [-0.25, -0.2) is 0 Å². The largest absolute Gasteiger partial charge is 0.459 e. The number of hydrogen-bond acceptors (Lipinski definition) is 3. The van der Waals surface area contributed by atoms with E-state index in [1.165, 1.54) is 0 Å². The Morgan fingerprint density at radius 2 is 2.50 bits per heavy atom. The molecule has 3 rings (SSSR count). The van der Waals surface area contributed by atoms with Gasteiger partial charge in [-0.15, -0.1) is 0 Å². The molecule has 2 aliphatic rings. The van der Waals surface area contributed by atoms with E-state index in [0.717, 1.165) is 37.5 Å². The number of carbonyl (C=O) groups excluding carboxylic acids is 1. The minimum atomic E-state index is 0.0367. The van der Waals surface area contributed by atoms with Gasteiger partial charge in [0.2, 0.25) is 0 Å². The molecule has 1 N–H and O–H groups in total. The predicted octanol–water partition coefficient (Wildman–Crippen LogP) is 1.02. The van der Waals surface area contributed by atoms with Gasteiger partial charge in [-0.2, -0.15) is 0 Å². The lowest BCUT2D eigenvalue weighted by Crippen LogP contribution is -2.62. The molecule has 1 aromatic heterocycles. The Morgan fingerprint density at radius 3 is 3.06 bits per heavy atom. The van der Waals surface area contributed by atoms with Gasteiger partial charge in [0.1, 0.15) is 0 Å². The summed E-state index contributed by atoms with van der Waals surface area (Å²) in [6.07, 6.45) is 2.69. The van der Waals surface area contributed by atoms with Crippen molar-refractivity contribution in [2.75, 3.05) is 19.6 Å². The number of hydrogen-bond donors (Lipinski definition) is 1. The van der Waals surface area contributed by atoms with Crippen LogP contribution in [0.3, 0.4) is 0 Å². The van der Waals surface area contributed by atoms with E-state index in [9.17, 15) is 4.79 Å². The zero-order valence-corrected chi connectivity index (χ0v) is 9.40. The maximum Gasteiger partial charge on any atom is 0.289 e. The molecular formula is C12H16N2O2. The van der Waals surface area contributed by atoms with Crippen LogP contribution in [0.1, 0.15) is 22.5 Å². The normalized spacial score (nSPS) is 28.4. The van der Waals surface area contributed by atoms with E-state index in [1.54, 1.807) is 6.26 Å². The lowest BCUT2D eigenvalue weighted by molar-refractivity contribution is 0.0489. The molecule has 1 amide bonds. The first kappa shape index (κ1) is 9.90. The fourth-order valence-corrected chi connectivity index (χ4v) is 2.54. The van der Waals surface area contributed by atoms with Gasteiger partial charge in [0, 0.05) is 24.7 Å². The standard InChI is InChI=1S/C12H16N2O2/c1-8-3-5-16-11(8)12(15)14-4-2-9-6-13-10(9)7-14/h3,5,9-10,13H,2,4,6-7H2,1H3. The molecule has 86 valence electrons. The number of piperidine rings is 1. The minimum absolute atomic E-state index is 0.0367. The Hall–Kier alpha value is -1.29. The molecule has 2 atom stereocenters. The topological polar surface area (TPSA) is 45.5 Å². The lowest BCUT2D eigenvalue weighted by atomic mass is 9.85. The maximum atomic E-state index is 12.2. The fourth-order valence-electron chi connectivity index (χ4n) is 2.54. The van der Waals surface area contributed by atoms with Gasteiger partial charge >= 0.3 is 0 Å². The molecule has 0 bridgehead atoms. The van der Waals surface area contributed by atoms with E-state index < -0.39 is 0 Å². The van der Waals surface area contributed by atoms with Crippen LogP contribution in [0.25, 0.3) is 0 Å². The van der Waals surface area contributed by atoms with Crippen LogP contribution >= 0.6 is 0 Å². The van der Waals surface area contributed by atoms with Crippen LogP contribution in [0, 0.1) is 12.8 Å². The van der Waals surface area contributed by atoms with Crippen LogP contribution in [0.5, 0.6) is 0 Å². The first-order chi connectivity index (χ1) is 7.75. The van der Waals surface area contributed by atoms with Gasteiger partial charge in [0.15, 0.2) is 5.76 Å². The van der Waals surface area contributed by atoms with Gasteiger partial charge in [-0.05, 0) is 31.9 Å². The molecule has 0 aromatic carbocycles. The smallest absolute Gasteiger partial charge is 0.289 e. The van der Waals surface area contributed by atoms with Gasteiger partial charge in [0.05, 0.1) is 6.26 Å². The second-order valence-corrected chi connectivity index (χ2v) is 4.75. The Bertz CT molecular complexity index is 413. The number of amides is 1. The van der Waals surface area contributed by atoms with Crippen molar-refractivity contribution in [3.8, 4) is 0 Å². The number of likely N-dealkylation sites (tertiary alicyclic amines) is 1. The molecule has 4 nitrogen and oxygen atoms in total. The van der Waals surface area contributed by atoms with Gasteiger partial charge in [-0.3, -0.25) is 4.79 Å². The highest BCUT2D eigenvalue weighted by atomic mass is 16.3. The summed E-state index contributed by atoms with van der Waals surface area (Å²) in [5.41, 5.74) is 0.925. The predicted molar refractivity (Wildman–Crippen MR) is 59.2 cm³/mol. The van der Waals surface area contributed by atoms with Gasteiger partial charge in [0.25, 0.3) is 5.91 Å². The molecule has 2 aliphatic heterocycles. The molecule has 2 fully saturated rings. The van der Waals surface area contributed by atoms with Crippen LogP contribution in [0.15, 0.2) is 16.7 Å². The maximum absolute atomic E-state index is 12.2. The second-order valence-electron chi connectivity index (χ2n) is 4.75. The van der Waals surface area contributed by atoms with Crippen molar-refractivity contribution in [1.29, 1.82) is 0 Å². The van der Waals surface area contributed by atoms with Crippen molar-refractivity contribution in [3.63, 3.8) is 0 Å². The average molecular weight is 220 g/mol.